The second-order valence-corrected chi connectivity index (χ2v) is 10.8. The molecule has 0 aromatic heterocycles. The van der Waals surface area contributed by atoms with Crippen molar-refractivity contribution in [3.63, 3.8) is 0 Å². The van der Waals surface area contributed by atoms with Crippen molar-refractivity contribution in [3.05, 3.63) is 100 Å². The third-order valence-electron chi connectivity index (χ3n) is 6.36. The number of hydrogen-bond acceptors (Lipinski definition) is 3. The fourth-order valence-corrected chi connectivity index (χ4v) is 5.34. The first-order valence-corrected chi connectivity index (χ1v) is 13.9. The predicted octanol–water partition coefficient (Wildman–Crippen LogP) is 5.28. The highest BCUT2D eigenvalue weighted by atomic mass is 35.5. The first-order valence-electron chi connectivity index (χ1n) is 12.0. The first-order chi connectivity index (χ1) is 17.9. The number of aliphatic imine (C=N–C) groups is 1. The van der Waals surface area contributed by atoms with E-state index in [-0.39, 0.29) is 5.92 Å². The second-order valence-electron chi connectivity index (χ2n) is 8.75. The minimum atomic E-state index is -1.61. The van der Waals surface area contributed by atoms with E-state index in [9.17, 15) is 9.00 Å². The summed E-state index contributed by atoms with van der Waals surface area (Å²) < 4.78 is 18.4. The Morgan fingerprint density at radius 3 is 2.30 bits per heavy atom. The number of halogens is 2. The number of carbonyl (C=O) groups is 1. The summed E-state index contributed by atoms with van der Waals surface area (Å²) in [5, 5.41) is 3.22. The van der Waals surface area contributed by atoms with Crippen molar-refractivity contribution >= 4 is 52.1 Å². The Labute approximate surface area is 230 Å². The summed E-state index contributed by atoms with van der Waals surface area (Å²) in [5.74, 6) is 0.441. The molecule has 0 fully saturated rings. The summed E-state index contributed by atoms with van der Waals surface area (Å²) in [4.78, 5) is 16.9. The van der Waals surface area contributed by atoms with Crippen LogP contribution < -0.4 is 4.72 Å². The van der Waals surface area contributed by atoms with E-state index in [0.29, 0.717) is 40.3 Å². The van der Waals surface area contributed by atoms with Crippen LogP contribution in [-0.4, -0.2) is 51.5 Å². The molecule has 0 saturated heterocycles. The zero-order valence-corrected chi connectivity index (χ0v) is 23.0. The number of hydrogen-bond donors (Lipinski definition) is 1. The number of aldehydes is 1. The highest BCUT2D eigenvalue weighted by molar-refractivity contribution is 7.83. The Hall–Kier alpha value is -3.00. The van der Waals surface area contributed by atoms with Crippen LogP contribution in [0.1, 0.15) is 30.4 Å². The molecule has 3 aromatic carbocycles. The Kier molecular flexibility index (Phi) is 9.14. The quantitative estimate of drug-likeness (QED) is 0.178. The van der Waals surface area contributed by atoms with Crippen molar-refractivity contribution < 1.29 is 13.7 Å². The van der Waals surface area contributed by atoms with Gasteiger partial charge in [0.25, 0.3) is 5.96 Å². The summed E-state index contributed by atoms with van der Waals surface area (Å²) in [6.07, 6.45) is 2.04. The fourth-order valence-electron chi connectivity index (χ4n) is 4.26. The zero-order valence-electron chi connectivity index (χ0n) is 20.7. The first kappa shape index (κ1) is 27.0. The van der Waals surface area contributed by atoms with Crippen LogP contribution in [0.2, 0.25) is 10.0 Å². The van der Waals surface area contributed by atoms with Gasteiger partial charge in [-0.15, -0.1) is 9.69 Å². The molecule has 0 aliphatic carbocycles. The van der Waals surface area contributed by atoms with E-state index in [0.717, 1.165) is 17.6 Å². The van der Waals surface area contributed by atoms with Crippen molar-refractivity contribution in [1.29, 1.82) is 0 Å². The molecule has 0 bridgehead atoms. The third-order valence-corrected chi connectivity index (χ3v) is 7.93. The van der Waals surface area contributed by atoms with Gasteiger partial charge in [0.2, 0.25) is 0 Å². The highest BCUT2D eigenvalue weighted by Crippen LogP contribution is 2.27. The van der Waals surface area contributed by atoms with Crippen molar-refractivity contribution in [3.8, 4) is 0 Å². The van der Waals surface area contributed by atoms with E-state index in [1.54, 1.807) is 24.3 Å². The van der Waals surface area contributed by atoms with Gasteiger partial charge in [-0.2, -0.15) is 0 Å². The Morgan fingerprint density at radius 1 is 1.08 bits per heavy atom. The molecule has 9 heteroatoms. The van der Waals surface area contributed by atoms with E-state index in [2.05, 4.69) is 26.5 Å². The van der Waals surface area contributed by atoms with Gasteiger partial charge in [0.15, 0.2) is 23.7 Å². The van der Waals surface area contributed by atoms with E-state index in [1.807, 2.05) is 61.4 Å². The molecule has 6 nitrogen and oxygen atoms in total. The highest BCUT2D eigenvalue weighted by Gasteiger charge is 2.41. The molecule has 3 aromatic rings. The molecular weight excluding hydrogens is 527 g/mol. The standard InChI is InChI=1S/C28H29Cl2N4O2S/c1-3-24(19-35)31-28(32-37(36)25-15-13-23(30)14-16-25)34-18-26(21-7-5-4-6-8-21)27(33(34)2)17-20-9-11-22(29)12-10-20/h4-16,19,24,26H,3,17-18H2,1-2H3,(H,31,32)/q+1/t24-,26?,37?/m0/s1. The summed E-state index contributed by atoms with van der Waals surface area (Å²) >= 11 is 12.1. The van der Waals surface area contributed by atoms with Crippen LogP contribution in [-0.2, 0) is 22.2 Å². The Bertz CT molecular complexity index is 1310. The maximum Gasteiger partial charge on any atom is 0.264 e. The second kappa shape index (κ2) is 12.5. The molecule has 37 heavy (non-hydrogen) atoms. The van der Waals surface area contributed by atoms with E-state index < -0.39 is 17.0 Å². The number of benzene rings is 3. The van der Waals surface area contributed by atoms with Gasteiger partial charge in [-0.1, -0.05) is 72.6 Å². The molecule has 0 saturated carbocycles. The van der Waals surface area contributed by atoms with Crippen LogP contribution in [0.4, 0.5) is 0 Å². The monoisotopic (exact) mass is 555 g/mol. The van der Waals surface area contributed by atoms with Gasteiger partial charge in [0.05, 0.1) is 23.8 Å². The maximum atomic E-state index is 13.3. The van der Waals surface area contributed by atoms with Crippen molar-refractivity contribution in [2.75, 3.05) is 13.6 Å². The van der Waals surface area contributed by atoms with Gasteiger partial charge in [-0.25, -0.2) is 9.20 Å². The molecule has 1 heterocycles. The van der Waals surface area contributed by atoms with Crippen LogP contribution in [0.25, 0.3) is 0 Å². The van der Waals surface area contributed by atoms with Gasteiger partial charge in [0, 0.05) is 10.0 Å². The topological polar surface area (TPSA) is 64.8 Å². The van der Waals surface area contributed by atoms with E-state index in [4.69, 9.17) is 23.2 Å². The normalized spacial score (nSPS) is 17.6. The lowest BCUT2D eigenvalue weighted by molar-refractivity contribution is -0.634. The lowest BCUT2D eigenvalue weighted by Crippen LogP contribution is -2.46. The molecule has 0 radical (unpaired) electrons. The summed E-state index contributed by atoms with van der Waals surface area (Å²) in [5.41, 5.74) is 3.45. The number of rotatable bonds is 8. The van der Waals surface area contributed by atoms with Crippen LogP contribution >= 0.6 is 23.2 Å². The van der Waals surface area contributed by atoms with Crippen LogP contribution in [0.15, 0.2) is 88.8 Å². The van der Waals surface area contributed by atoms with Crippen molar-refractivity contribution in [2.24, 2.45) is 4.99 Å². The number of hydrazone groups is 1. The Morgan fingerprint density at radius 2 is 1.70 bits per heavy atom. The van der Waals surface area contributed by atoms with Gasteiger partial charge in [0.1, 0.15) is 12.3 Å². The molecule has 4 rings (SSSR count). The molecule has 1 N–H and O–H groups in total. The van der Waals surface area contributed by atoms with Crippen molar-refractivity contribution in [2.45, 2.75) is 36.6 Å². The molecule has 0 spiro atoms. The molecule has 1 aliphatic heterocycles. The molecule has 1 aliphatic rings. The number of guanidine groups is 1. The summed E-state index contributed by atoms with van der Waals surface area (Å²) in [7, 11) is 0.362. The lowest BCUT2D eigenvalue weighted by atomic mass is 9.91. The smallest absolute Gasteiger partial charge is 0.264 e. The minimum absolute atomic E-state index is 0.0640. The number of nitrogens with one attached hydrogen (secondary N) is 1. The van der Waals surface area contributed by atoms with Crippen molar-refractivity contribution in [1.82, 2.24) is 9.73 Å². The minimum Gasteiger partial charge on any atom is -0.301 e. The fraction of sp³-hybridized carbons (Fsp3) is 0.250. The van der Waals surface area contributed by atoms with Crippen LogP contribution in [0.3, 0.4) is 0 Å². The predicted molar refractivity (Wildman–Crippen MR) is 151 cm³/mol. The molecule has 3 atom stereocenters. The van der Waals surface area contributed by atoms with E-state index >= 15 is 0 Å². The summed E-state index contributed by atoms with van der Waals surface area (Å²) in [6.45, 7) is 2.47. The molecule has 0 amide bonds. The number of nitrogens with zero attached hydrogens (tertiary/aromatic N) is 3. The molecular formula is C28H29Cl2N4O2S+. The van der Waals surface area contributed by atoms with Gasteiger partial charge in [-0.3, -0.25) is 4.72 Å². The average molecular weight is 557 g/mol. The number of carbonyl (C=O) groups excluding carboxylic acids is 1. The number of hydrazine groups is 1. The average Bonchev–Trinajstić information content (AvgIpc) is 3.24. The zero-order chi connectivity index (χ0) is 26.4. The van der Waals surface area contributed by atoms with Gasteiger partial charge in [-0.05, 0) is 53.9 Å². The van der Waals surface area contributed by atoms with Gasteiger partial charge >= 0.3 is 0 Å². The lowest BCUT2D eigenvalue weighted by Gasteiger charge is -2.19. The largest absolute Gasteiger partial charge is 0.301 e. The van der Waals surface area contributed by atoms with Crippen LogP contribution in [0.5, 0.6) is 0 Å². The Balaban J connectivity index is 1.73. The third kappa shape index (κ3) is 6.66. The molecule has 2 unspecified atom stereocenters. The van der Waals surface area contributed by atoms with Gasteiger partial charge < -0.3 is 4.79 Å². The van der Waals surface area contributed by atoms with Crippen LogP contribution in [0, 0.1) is 0 Å². The summed E-state index contributed by atoms with van der Waals surface area (Å²) in [6, 6.07) is 24.3. The molecule has 192 valence electrons. The SMILES string of the molecule is CC[C@@H](C=O)N=C(NS(=O)c1ccc(Cl)cc1)N1CC(c2ccccc2)C(Cc2ccc(Cl)cc2)=[N+]1C. The van der Waals surface area contributed by atoms with E-state index in [1.165, 1.54) is 5.56 Å². The maximum absolute atomic E-state index is 13.3.